The zero-order valence-electron chi connectivity index (χ0n) is 14.7. The Morgan fingerprint density at radius 3 is 2.77 bits per heavy atom. The Balaban J connectivity index is 2.34. The van der Waals surface area contributed by atoms with E-state index in [0.29, 0.717) is 28.6 Å². The molecule has 0 saturated carbocycles. The molecule has 4 nitrogen and oxygen atoms in total. The van der Waals surface area contributed by atoms with Gasteiger partial charge in [-0.2, -0.15) is 5.26 Å². The van der Waals surface area contributed by atoms with Gasteiger partial charge in [0.2, 0.25) is 0 Å². The van der Waals surface area contributed by atoms with Gasteiger partial charge in [0.25, 0.3) is 5.91 Å². The zero-order valence-corrected chi connectivity index (χ0v) is 15.4. The van der Waals surface area contributed by atoms with Gasteiger partial charge in [0, 0.05) is 16.3 Å². The van der Waals surface area contributed by atoms with Crippen LogP contribution in [-0.4, -0.2) is 12.5 Å². The molecule has 0 heterocycles. The molecular formula is C21H19ClN2O2. The normalized spacial score (nSPS) is 10.8. The molecule has 0 aliphatic carbocycles. The van der Waals surface area contributed by atoms with E-state index in [1.807, 2.05) is 38.1 Å². The summed E-state index contributed by atoms with van der Waals surface area (Å²) in [6.07, 6.45) is 3.07. The van der Waals surface area contributed by atoms with Crippen LogP contribution in [0.4, 0.5) is 5.69 Å². The van der Waals surface area contributed by atoms with Gasteiger partial charge in [-0.25, -0.2) is 0 Å². The van der Waals surface area contributed by atoms with Crippen molar-refractivity contribution in [1.29, 1.82) is 5.26 Å². The number of carbonyl (C=O) groups is 1. The highest BCUT2D eigenvalue weighted by molar-refractivity contribution is 6.30. The molecule has 0 unspecified atom stereocenters. The summed E-state index contributed by atoms with van der Waals surface area (Å²) in [5.41, 5.74) is 3.11. The first-order chi connectivity index (χ1) is 12.4. The quantitative estimate of drug-likeness (QED) is 0.441. The van der Waals surface area contributed by atoms with Gasteiger partial charge >= 0.3 is 0 Å². The number of aryl methyl sites for hydroxylation is 2. The molecule has 0 aliphatic heterocycles. The third-order valence-corrected chi connectivity index (χ3v) is 3.87. The number of hydrogen-bond acceptors (Lipinski definition) is 3. The Morgan fingerprint density at radius 1 is 1.31 bits per heavy atom. The summed E-state index contributed by atoms with van der Waals surface area (Å²) in [6.45, 7) is 7.74. The Kier molecular flexibility index (Phi) is 6.60. The van der Waals surface area contributed by atoms with Gasteiger partial charge in [-0.05, 0) is 55.3 Å². The van der Waals surface area contributed by atoms with Crippen molar-refractivity contribution in [1.82, 2.24) is 0 Å². The lowest BCUT2D eigenvalue weighted by Gasteiger charge is -2.10. The van der Waals surface area contributed by atoms with Gasteiger partial charge in [-0.3, -0.25) is 4.79 Å². The third-order valence-electron chi connectivity index (χ3n) is 3.63. The summed E-state index contributed by atoms with van der Waals surface area (Å²) in [5.74, 6) is 0.0254. The van der Waals surface area contributed by atoms with Gasteiger partial charge in [0.05, 0.1) is 0 Å². The molecule has 0 bridgehead atoms. The minimum Gasteiger partial charge on any atom is -0.489 e. The number of rotatable bonds is 6. The maximum atomic E-state index is 12.5. The highest BCUT2D eigenvalue weighted by Crippen LogP contribution is 2.26. The lowest BCUT2D eigenvalue weighted by Crippen LogP contribution is -2.14. The number of nitrogens with one attached hydrogen (secondary N) is 1. The lowest BCUT2D eigenvalue weighted by atomic mass is 10.1. The summed E-state index contributed by atoms with van der Waals surface area (Å²) >= 11 is 6.04. The predicted octanol–water partition coefficient (Wildman–Crippen LogP) is 5.07. The number of benzene rings is 2. The zero-order chi connectivity index (χ0) is 19.1. The Bertz CT molecular complexity index is 911. The smallest absolute Gasteiger partial charge is 0.266 e. The molecule has 0 spiro atoms. The standard InChI is InChI=1S/C21H19ClN2O2/c1-4-9-26-20-8-7-18(22)12-16(20)11-17(13-23)21(25)24-19-10-14(2)5-6-15(19)3/h4-8,10-12H,1,9H2,2-3H3,(H,24,25)/b17-11+. The molecule has 0 aromatic heterocycles. The molecule has 2 aromatic rings. The SMILES string of the molecule is C=CCOc1ccc(Cl)cc1/C=C(\C#N)C(=O)Nc1cc(C)ccc1C. The summed E-state index contributed by atoms with van der Waals surface area (Å²) in [6, 6.07) is 12.7. The first kappa shape index (κ1) is 19.3. The lowest BCUT2D eigenvalue weighted by molar-refractivity contribution is -0.112. The van der Waals surface area contributed by atoms with Gasteiger partial charge in [0.15, 0.2) is 0 Å². The van der Waals surface area contributed by atoms with E-state index in [1.165, 1.54) is 6.08 Å². The highest BCUT2D eigenvalue weighted by Gasteiger charge is 2.13. The van der Waals surface area contributed by atoms with Crippen LogP contribution in [0.25, 0.3) is 6.08 Å². The molecule has 2 aromatic carbocycles. The van der Waals surface area contributed by atoms with Crippen molar-refractivity contribution in [2.45, 2.75) is 13.8 Å². The van der Waals surface area contributed by atoms with Crippen LogP contribution < -0.4 is 10.1 Å². The number of halogens is 1. The fraction of sp³-hybridized carbons (Fsp3) is 0.143. The molecule has 1 N–H and O–H groups in total. The molecule has 132 valence electrons. The summed E-state index contributed by atoms with van der Waals surface area (Å²) in [7, 11) is 0. The minimum absolute atomic E-state index is 0.0448. The average Bonchev–Trinajstić information content (AvgIpc) is 2.61. The maximum absolute atomic E-state index is 12.5. The molecule has 2 rings (SSSR count). The summed E-state index contributed by atoms with van der Waals surface area (Å²) < 4.78 is 5.56. The summed E-state index contributed by atoms with van der Waals surface area (Å²) in [4.78, 5) is 12.5. The third kappa shape index (κ3) is 4.98. The van der Waals surface area contributed by atoms with E-state index in [9.17, 15) is 10.1 Å². The van der Waals surface area contributed by atoms with E-state index in [4.69, 9.17) is 16.3 Å². The molecule has 1 amide bonds. The number of nitrogens with zero attached hydrogens (tertiary/aromatic N) is 1. The van der Waals surface area contributed by atoms with E-state index in [2.05, 4.69) is 11.9 Å². The van der Waals surface area contributed by atoms with Crippen LogP contribution in [-0.2, 0) is 4.79 Å². The topological polar surface area (TPSA) is 62.1 Å². The largest absolute Gasteiger partial charge is 0.489 e. The van der Waals surface area contributed by atoms with Crippen LogP contribution in [0.15, 0.2) is 54.6 Å². The van der Waals surface area contributed by atoms with E-state index in [1.54, 1.807) is 24.3 Å². The number of ether oxygens (including phenoxy) is 1. The Labute approximate surface area is 158 Å². The van der Waals surface area contributed by atoms with E-state index < -0.39 is 5.91 Å². The van der Waals surface area contributed by atoms with Crippen molar-refractivity contribution in [3.05, 3.63) is 76.3 Å². The maximum Gasteiger partial charge on any atom is 0.266 e. The fourth-order valence-corrected chi connectivity index (χ4v) is 2.46. The molecule has 0 radical (unpaired) electrons. The second kappa shape index (κ2) is 8.89. The summed E-state index contributed by atoms with van der Waals surface area (Å²) in [5, 5.41) is 12.7. The number of nitriles is 1. The van der Waals surface area contributed by atoms with Crippen molar-refractivity contribution < 1.29 is 9.53 Å². The van der Waals surface area contributed by atoms with Crippen molar-refractivity contribution >= 4 is 29.3 Å². The van der Waals surface area contributed by atoms with Crippen molar-refractivity contribution in [3.8, 4) is 11.8 Å². The van der Waals surface area contributed by atoms with Crippen molar-refractivity contribution in [2.75, 3.05) is 11.9 Å². The first-order valence-electron chi connectivity index (χ1n) is 7.98. The molecule has 0 atom stereocenters. The molecular weight excluding hydrogens is 348 g/mol. The Hall–Kier alpha value is -3.03. The second-order valence-corrected chi connectivity index (χ2v) is 6.16. The first-order valence-corrected chi connectivity index (χ1v) is 8.36. The predicted molar refractivity (Wildman–Crippen MR) is 105 cm³/mol. The highest BCUT2D eigenvalue weighted by atomic mass is 35.5. The van der Waals surface area contributed by atoms with Gasteiger partial charge < -0.3 is 10.1 Å². The van der Waals surface area contributed by atoms with Crippen molar-refractivity contribution in [2.24, 2.45) is 0 Å². The van der Waals surface area contributed by atoms with Crippen LogP contribution in [0.5, 0.6) is 5.75 Å². The van der Waals surface area contributed by atoms with Crippen LogP contribution in [0.2, 0.25) is 5.02 Å². The van der Waals surface area contributed by atoms with E-state index in [0.717, 1.165) is 11.1 Å². The molecule has 0 aliphatic rings. The second-order valence-electron chi connectivity index (χ2n) is 5.72. The minimum atomic E-state index is -0.490. The van der Waals surface area contributed by atoms with Gasteiger partial charge in [-0.15, -0.1) is 0 Å². The van der Waals surface area contributed by atoms with Gasteiger partial charge in [-0.1, -0.05) is 36.4 Å². The average molecular weight is 367 g/mol. The van der Waals surface area contributed by atoms with E-state index >= 15 is 0 Å². The molecule has 0 saturated heterocycles. The molecule has 26 heavy (non-hydrogen) atoms. The van der Waals surface area contributed by atoms with Crippen LogP contribution >= 0.6 is 11.6 Å². The Morgan fingerprint density at radius 2 is 2.08 bits per heavy atom. The number of anilines is 1. The molecule has 5 heteroatoms. The monoisotopic (exact) mass is 366 g/mol. The number of carbonyl (C=O) groups excluding carboxylic acids is 1. The van der Waals surface area contributed by atoms with E-state index in [-0.39, 0.29) is 5.57 Å². The van der Waals surface area contributed by atoms with Crippen LogP contribution in [0, 0.1) is 25.2 Å². The van der Waals surface area contributed by atoms with Crippen LogP contribution in [0.3, 0.4) is 0 Å². The van der Waals surface area contributed by atoms with Crippen molar-refractivity contribution in [3.63, 3.8) is 0 Å². The van der Waals surface area contributed by atoms with Gasteiger partial charge in [0.1, 0.15) is 24.0 Å². The molecule has 0 fully saturated rings. The fourth-order valence-electron chi connectivity index (χ4n) is 2.28. The van der Waals surface area contributed by atoms with Crippen LogP contribution in [0.1, 0.15) is 16.7 Å². The number of hydrogen-bond donors (Lipinski definition) is 1. The number of amides is 1.